The van der Waals surface area contributed by atoms with Gasteiger partial charge in [-0.05, 0) is 186 Å². The smallest absolute Gasteiger partial charge is 0.457 e. The summed E-state index contributed by atoms with van der Waals surface area (Å²) in [6, 6.07) is 4.63. The maximum atomic E-state index is 8.49. The van der Waals surface area contributed by atoms with Gasteiger partial charge in [-0.1, -0.05) is 103 Å². The molecule has 0 aromatic carbocycles. The minimum atomic E-state index is -4.94. The van der Waals surface area contributed by atoms with Crippen LogP contribution in [0.4, 0.5) is 0 Å². The normalized spacial score (nSPS) is 17.4. The summed E-state index contributed by atoms with van der Waals surface area (Å²) in [6.07, 6.45) is 54.7. The Labute approximate surface area is 639 Å². The van der Waals surface area contributed by atoms with E-state index in [1.165, 1.54) is 205 Å². The van der Waals surface area contributed by atoms with Gasteiger partial charge in [-0.3, -0.25) is 0 Å². The molecule has 0 atom stereocenters. The van der Waals surface area contributed by atoms with Gasteiger partial charge in [0.1, 0.15) is 50.6 Å². The number of halogens is 4. The Morgan fingerprint density at radius 1 is 0.179 bits per heavy atom. The molecule has 0 radical (unpaired) electrons. The van der Waals surface area contributed by atoms with Crippen LogP contribution in [0.3, 0.4) is 0 Å². The molecule has 0 saturated heterocycles. The van der Waals surface area contributed by atoms with Gasteiger partial charge in [0.25, 0.3) is 0 Å². The van der Waals surface area contributed by atoms with Gasteiger partial charge in [0.05, 0.1) is 48.3 Å². The molecule has 0 unspecified atom stereocenters. The van der Waals surface area contributed by atoms with E-state index in [1.54, 1.807) is 50.6 Å². The van der Waals surface area contributed by atoms with Crippen molar-refractivity contribution in [2.24, 2.45) is 0 Å². The summed E-state index contributed by atoms with van der Waals surface area (Å²) in [4.78, 5) is 0. The van der Waals surface area contributed by atoms with E-state index in [2.05, 4.69) is 124 Å². The van der Waals surface area contributed by atoms with Gasteiger partial charge in [0, 0.05) is 0 Å². The SMILES string of the molecule is [O-][Cl+3]([O-])([O-])[O-].[O-][Cl+3]([O-])([O-])[O-].[O-][Cl+3]([O-])([O-])[O-].[O-][Cl+3]([O-])([O-])[O-].[OH3+].[OH3+].[OH3+].[OH3+].[Zn+2].[Zn+2].c1nnnn1C1CCCC1.c1nnnn1C1CCCC1.c1nnnn1C1CCCC1.c1nnnn1C1CCCC1.c1nnnn1C1CCCC1.c1nnnn1C1CCCC1.c1nnnn1C1CCCC1.c1nnnn1C1CCCC1. The van der Waals surface area contributed by atoms with Gasteiger partial charge in [-0.15, -0.1) is 81.8 Å². The minimum absolute atomic E-state index is 0. The third-order valence-corrected chi connectivity index (χ3v) is 16.5. The Morgan fingerprint density at radius 3 is 0.311 bits per heavy atom. The van der Waals surface area contributed by atoms with Crippen LogP contribution in [-0.2, 0) is 60.9 Å². The zero-order valence-corrected chi connectivity index (χ0v) is 66.9. The first kappa shape index (κ1) is 102. The third-order valence-electron chi connectivity index (χ3n) is 16.5. The molecule has 8 aliphatic rings. The van der Waals surface area contributed by atoms with Crippen LogP contribution in [0.5, 0.6) is 0 Å². The van der Waals surface area contributed by atoms with Crippen LogP contribution in [0.15, 0.2) is 50.6 Å². The van der Waals surface area contributed by atoms with E-state index in [9.17, 15) is 0 Å². The second kappa shape index (κ2) is 56.4. The molecule has 8 aromatic heterocycles. The summed E-state index contributed by atoms with van der Waals surface area (Å²) in [5.74, 6) is 0. The molecule has 8 heterocycles. The summed E-state index contributed by atoms with van der Waals surface area (Å²) in [7, 11) is -19.8. The number of nitrogens with zero attached hydrogens (tertiary/aromatic N) is 32. The van der Waals surface area contributed by atoms with Gasteiger partial charge in [0.2, 0.25) is 0 Å². The zero-order chi connectivity index (χ0) is 72.5. The van der Waals surface area contributed by atoms with Gasteiger partial charge in [-0.2, -0.15) is 0 Å². The van der Waals surface area contributed by atoms with Gasteiger partial charge in [0.15, 0.2) is 0 Å². The molecule has 0 spiro atoms. The third kappa shape index (κ3) is 48.6. The summed E-state index contributed by atoms with van der Waals surface area (Å²) >= 11 is 0. The average Bonchev–Trinajstić information content (AvgIpc) is 1.83. The van der Waals surface area contributed by atoms with Crippen molar-refractivity contribution in [2.75, 3.05) is 0 Å². The van der Waals surface area contributed by atoms with E-state index in [0.29, 0.717) is 48.3 Å². The molecule has 52 nitrogen and oxygen atoms in total. The molecule has 8 aromatic rings. The van der Waals surface area contributed by atoms with Crippen LogP contribution < -0.4 is 74.5 Å². The van der Waals surface area contributed by atoms with Crippen molar-refractivity contribution in [3.05, 3.63) is 50.6 Å². The predicted molar refractivity (Wildman–Crippen MR) is 302 cm³/mol. The minimum Gasteiger partial charge on any atom is -0.457 e. The maximum absolute atomic E-state index is 8.49. The maximum Gasteiger partial charge on any atom is 2.00 e. The van der Waals surface area contributed by atoms with E-state index < -0.39 is 41.0 Å². The molecular formula is C48H92Cl4N32O20Zn2+4. The van der Waals surface area contributed by atoms with Crippen molar-refractivity contribution in [2.45, 2.75) is 254 Å². The standard InChI is InChI=1S/8C6H10N4.4ClHO4.4H2O.2Zn/c8*1-2-4-6(3-1)10-5-7-8-9-10;4*2-1(3,4)5;;;;;;/h8*5-6H,1-4H2;4*(H,2,3,4,5);4*1H2;;/q;;;;;;;;;;;;;;;;2*+2. The molecule has 16 rings (SSSR count). The van der Waals surface area contributed by atoms with Crippen LogP contribution >= 0.6 is 0 Å². The van der Waals surface area contributed by atoms with E-state index >= 15 is 0 Å². The fourth-order valence-electron chi connectivity index (χ4n) is 12.0. The number of rotatable bonds is 8. The Hall–Kier alpha value is -5.83. The van der Waals surface area contributed by atoms with Crippen molar-refractivity contribution in [3.8, 4) is 0 Å². The molecule has 8 aliphatic carbocycles. The largest absolute Gasteiger partial charge is 2.00 e. The predicted octanol–water partition coefficient (Wildman–Crippen LogP) is -16.4. The van der Waals surface area contributed by atoms with Gasteiger partial charge >= 0.3 is 39.0 Å². The average molecular weight is 1710 g/mol. The Kier molecular flexibility index (Phi) is 54.4. The quantitative estimate of drug-likeness (QED) is 0.101. The van der Waals surface area contributed by atoms with Crippen molar-refractivity contribution < 1.29 is 176 Å². The molecule has 106 heavy (non-hydrogen) atoms. The Balaban J connectivity index is 0. The molecule has 0 bridgehead atoms. The topological polar surface area (TPSA) is 850 Å². The molecule has 12 N–H and O–H groups in total. The summed E-state index contributed by atoms with van der Waals surface area (Å²) in [5, 5.41) is 88.4. The Bertz CT molecular complexity index is 2490. The Morgan fingerprint density at radius 2 is 0.255 bits per heavy atom. The number of hydrogen-bond acceptors (Lipinski definition) is 40. The molecule has 8 fully saturated rings. The van der Waals surface area contributed by atoms with Crippen molar-refractivity contribution in [1.82, 2.24) is 162 Å². The summed E-state index contributed by atoms with van der Waals surface area (Å²) < 4.78 is 151. The number of hydrogen-bond donors (Lipinski definition) is 0. The summed E-state index contributed by atoms with van der Waals surface area (Å²) in [5.41, 5.74) is 0. The molecule has 58 heteroatoms. The van der Waals surface area contributed by atoms with Crippen molar-refractivity contribution >= 4 is 0 Å². The first-order valence-corrected chi connectivity index (χ1v) is 36.9. The van der Waals surface area contributed by atoms with E-state index in [4.69, 9.17) is 74.5 Å². The first-order chi connectivity index (χ1) is 47.7. The molecule has 0 aliphatic heterocycles. The first-order valence-electron chi connectivity index (χ1n) is 32.0. The van der Waals surface area contributed by atoms with Gasteiger partial charge in [-0.25, -0.2) is 112 Å². The number of aromatic nitrogens is 32. The fraction of sp³-hybridized carbons (Fsp3) is 0.833. The summed E-state index contributed by atoms with van der Waals surface area (Å²) in [6.45, 7) is 0. The van der Waals surface area contributed by atoms with Crippen LogP contribution in [-0.4, -0.2) is 162 Å². The van der Waals surface area contributed by atoms with Crippen LogP contribution in [0, 0.1) is 41.0 Å². The second-order valence-corrected chi connectivity index (χ2v) is 26.4. The molecule has 592 valence electrons. The fourth-order valence-corrected chi connectivity index (χ4v) is 12.0. The van der Waals surface area contributed by atoms with E-state index in [1.807, 2.05) is 37.5 Å². The van der Waals surface area contributed by atoms with Crippen LogP contribution in [0.2, 0.25) is 0 Å². The van der Waals surface area contributed by atoms with Crippen LogP contribution in [0.25, 0.3) is 0 Å². The van der Waals surface area contributed by atoms with Crippen molar-refractivity contribution in [3.63, 3.8) is 0 Å². The van der Waals surface area contributed by atoms with Crippen LogP contribution in [0.1, 0.15) is 254 Å². The monoisotopic (exact) mass is 1700 g/mol. The van der Waals surface area contributed by atoms with Crippen molar-refractivity contribution in [1.29, 1.82) is 0 Å². The number of tetrazole rings is 8. The van der Waals surface area contributed by atoms with E-state index in [0.717, 1.165) is 0 Å². The molecule has 8 saturated carbocycles. The molecular weight excluding hydrogens is 1620 g/mol. The molecule has 0 amide bonds. The zero-order valence-electron chi connectivity index (χ0n) is 57.9. The second-order valence-electron chi connectivity index (χ2n) is 23.3. The van der Waals surface area contributed by atoms with E-state index in [-0.39, 0.29) is 60.9 Å². The van der Waals surface area contributed by atoms with Gasteiger partial charge < -0.3 is 21.9 Å².